The van der Waals surface area contributed by atoms with E-state index in [1.807, 2.05) is 24.4 Å². The van der Waals surface area contributed by atoms with Gasteiger partial charge in [-0.2, -0.15) is 0 Å². The Kier molecular flexibility index (Phi) is 4.39. The van der Waals surface area contributed by atoms with Crippen LogP contribution in [0.4, 0.5) is 10.2 Å². The molecule has 1 aliphatic heterocycles. The molecule has 0 saturated carbocycles. The van der Waals surface area contributed by atoms with E-state index in [4.69, 9.17) is 4.74 Å². The molecule has 116 valence electrons. The van der Waals surface area contributed by atoms with E-state index in [-0.39, 0.29) is 11.2 Å². The summed E-state index contributed by atoms with van der Waals surface area (Å²) in [6.07, 6.45) is 3.75. The second-order valence-electron chi connectivity index (χ2n) is 5.85. The Bertz CT molecular complexity index is 621. The van der Waals surface area contributed by atoms with Crippen LogP contribution < -0.4 is 5.32 Å². The molecular formula is C18H21FN2O. The molecule has 1 saturated heterocycles. The average Bonchev–Trinajstić information content (AvgIpc) is 3.04. The molecule has 1 fully saturated rings. The summed E-state index contributed by atoms with van der Waals surface area (Å²) in [5.41, 5.74) is 2.26. The Morgan fingerprint density at radius 1 is 1.27 bits per heavy atom. The molecule has 1 aromatic carbocycles. The molecule has 0 amide bonds. The van der Waals surface area contributed by atoms with Crippen LogP contribution in [0.1, 0.15) is 24.5 Å². The maximum absolute atomic E-state index is 13.2. The van der Waals surface area contributed by atoms with E-state index in [0.717, 1.165) is 37.4 Å². The smallest absolute Gasteiger partial charge is 0.126 e. The minimum Gasteiger partial charge on any atom is -0.380 e. The highest BCUT2D eigenvalue weighted by Gasteiger charge is 2.36. The van der Waals surface area contributed by atoms with Crippen molar-refractivity contribution in [3.63, 3.8) is 0 Å². The Hall–Kier alpha value is -1.94. The number of nitrogens with one attached hydrogen (secondary N) is 1. The number of ether oxygens (including phenoxy) is 1. The molecule has 2 aromatic rings. The summed E-state index contributed by atoms with van der Waals surface area (Å²) in [6.45, 7) is 4.25. The molecule has 0 spiro atoms. The van der Waals surface area contributed by atoms with Crippen LogP contribution in [0.2, 0.25) is 0 Å². The van der Waals surface area contributed by atoms with Gasteiger partial charge in [0.1, 0.15) is 11.6 Å². The van der Waals surface area contributed by atoms with E-state index >= 15 is 0 Å². The lowest BCUT2D eigenvalue weighted by Crippen LogP contribution is -2.35. The number of rotatable bonds is 5. The van der Waals surface area contributed by atoms with Gasteiger partial charge in [0.15, 0.2) is 0 Å². The van der Waals surface area contributed by atoms with Gasteiger partial charge in [0, 0.05) is 24.8 Å². The maximum Gasteiger partial charge on any atom is 0.126 e. The zero-order chi connectivity index (χ0) is 15.4. The Balaban J connectivity index is 1.78. The van der Waals surface area contributed by atoms with E-state index in [9.17, 15) is 4.39 Å². The van der Waals surface area contributed by atoms with Gasteiger partial charge in [-0.1, -0.05) is 19.1 Å². The molecule has 22 heavy (non-hydrogen) atoms. The predicted molar refractivity (Wildman–Crippen MR) is 85.6 cm³/mol. The summed E-state index contributed by atoms with van der Waals surface area (Å²) in [5, 5.41) is 3.43. The molecule has 0 radical (unpaired) electrons. The maximum atomic E-state index is 13.2. The number of hydrogen-bond donors (Lipinski definition) is 1. The van der Waals surface area contributed by atoms with Crippen molar-refractivity contribution in [1.29, 1.82) is 0 Å². The first kappa shape index (κ1) is 15.0. The van der Waals surface area contributed by atoms with E-state index in [2.05, 4.69) is 23.3 Å². The zero-order valence-corrected chi connectivity index (χ0v) is 12.8. The third-order valence-corrected chi connectivity index (χ3v) is 4.40. The lowest BCUT2D eigenvalue weighted by atomic mass is 9.79. The molecule has 2 heterocycles. The molecule has 0 bridgehead atoms. The number of pyridine rings is 1. The Morgan fingerprint density at radius 2 is 2.09 bits per heavy atom. The molecule has 3 nitrogen and oxygen atoms in total. The number of anilines is 1. The number of nitrogens with zero attached hydrogens (tertiary/aromatic N) is 1. The Morgan fingerprint density at radius 3 is 2.77 bits per heavy atom. The minimum atomic E-state index is -0.205. The average molecular weight is 300 g/mol. The van der Waals surface area contributed by atoms with Crippen LogP contribution in [0.15, 0.2) is 42.6 Å². The normalized spacial score (nSPS) is 21.0. The topological polar surface area (TPSA) is 34.2 Å². The SMILES string of the molecule is CCc1ccnc(NCC2(c3ccc(F)cc3)CCOC2)c1. The van der Waals surface area contributed by atoms with Crippen LogP contribution in [-0.4, -0.2) is 24.7 Å². The fraction of sp³-hybridized carbons (Fsp3) is 0.389. The molecule has 1 aromatic heterocycles. The van der Waals surface area contributed by atoms with Crippen molar-refractivity contribution in [2.24, 2.45) is 0 Å². The van der Waals surface area contributed by atoms with Crippen LogP contribution in [0.25, 0.3) is 0 Å². The van der Waals surface area contributed by atoms with Gasteiger partial charge in [-0.05, 0) is 48.2 Å². The monoisotopic (exact) mass is 300 g/mol. The quantitative estimate of drug-likeness (QED) is 0.917. The molecule has 1 unspecified atom stereocenters. The first-order valence-electron chi connectivity index (χ1n) is 7.74. The van der Waals surface area contributed by atoms with Gasteiger partial charge < -0.3 is 10.1 Å². The Labute approximate surface area is 130 Å². The van der Waals surface area contributed by atoms with Crippen LogP contribution in [0.5, 0.6) is 0 Å². The number of hydrogen-bond acceptors (Lipinski definition) is 3. The number of aromatic nitrogens is 1. The first-order chi connectivity index (χ1) is 10.7. The van der Waals surface area contributed by atoms with Crippen molar-refractivity contribution in [2.75, 3.05) is 25.1 Å². The van der Waals surface area contributed by atoms with Gasteiger partial charge >= 0.3 is 0 Å². The summed E-state index contributed by atoms with van der Waals surface area (Å²) in [4.78, 5) is 4.38. The molecule has 1 atom stereocenters. The lowest BCUT2D eigenvalue weighted by molar-refractivity contribution is 0.179. The van der Waals surface area contributed by atoms with Gasteiger partial charge in [0.2, 0.25) is 0 Å². The second kappa shape index (κ2) is 6.44. The fourth-order valence-corrected chi connectivity index (χ4v) is 2.93. The van der Waals surface area contributed by atoms with Crippen molar-refractivity contribution in [3.8, 4) is 0 Å². The highest BCUT2D eigenvalue weighted by Crippen LogP contribution is 2.33. The van der Waals surface area contributed by atoms with Gasteiger partial charge in [-0.15, -0.1) is 0 Å². The van der Waals surface area contributed by atoms with Crippen LogP contribution in [-0.2, 0) is 16.6 Å². The summed E-state index contributed by atoms with van der Waals surface area (Å²) < 4.78 is 18.8. The largest absolute Gasteiger partial charge is 0.380 e. The molecule has 0 aliphatic carbocycles. The first-order valence-corrected chi connectivity index (χ1v) is 7.74. The van der Waals surface area contributed by atoms with Crippen molar-refractivity contribution < 1.29 is 9.13 Å². The van der Waals surface area contributed by atoms with Gasteiger partial charge in [-0.3, -0.25) is 0 Å². The van der Waals surface area contributed by atoms with Crippen molar-refractivity contribution in [3.05, 3.63) is 59.5 Å². The molecular weight excluding hydrogens is 279 g/mol. The lowest BCUT2D eigenvalue weighted by Gasteiger charge is -2.28. The standard InChI is InChI=1S/C18H21FN2O/c1-2-14-7-9-20-17(11-14)21-12-18(8-10-22-13-18)15-3-5-16(19)6-4-15/h3-7,9,11H,2,8,10,12-13H2,1H3,(H,20,21). The van der Waals surface area contributed by atoms with E-state index in [1.54, 1.807) is 0 Å². The van der Waals surface area contributed by atoms with E-state index in [0.29, 0.717) is 6.61 Å². The summed E-state index contributed by atoms with van der Waals surface area (Å²) in [6, 6.07) is 10.9. The second-order valence-corrected chi connectivity index (χ2v) is 5.85. The van der Waals surface area contributed by atoms with Crippen LogP contribution in [0, 0.1) is 5.82 Å². The third-order valence-electron chi connectivity index (χ3n) is 4.40. The fourth-order valence-electron chi connectivity index (χ4n) is 2.93. The van der Waals surface area contributed by atoms with Crippen LogP contribution >= 0.6 is 0 Å². The summed E-state index contributed by atoms with van der Waals surface area (Å²) >= 11 is 0. The zero-order valence-electron chi connectivity index (χ0n) is 12.8. The highest BCUT2D eigenvalue weighted by atomic mass is 19.1. The highest BCUT2D eigenvalue weighted by molar-refractivity contribution is 5.40. The summed E-state index contributed by atoms with van der Waals surface area (Å²) in [5.74, 6) is 0.677. The molecule has 1 aliphatic rings. The van der Waals surface area contributed by atoms with Crippen molar-refractivity contribution >= 4 is 5.82 Å². The van der Waals surface area contributed by atoms with Gasteiger partial charge in [0.25, 0.3) is 0 Å². The minimum absolute atomic E-state index is 0.113. The van der Waals surface area contributed by atoms with Crippen molar-refractivity contribution in [2.45, 2.75) is 25.2 Å². The molecule has 1 N–H and O–H groups in total. The molecule has 4 heteroatoms. The third kappa shape index (κ3) is 3.12. The van der Waals surface area contributed by atoms with E-state index < -0.39 is 0 Å². The van der Waals surface area contributed by atoms with Gasteiger partial charge in [0.05, 0.1) is 6.61 Å². The molecule has 3 rings (SSSR count). The number of benzene rings is 1. The predicted octanol–water partition coefficient (Wildman–Crippen LogP) is 3.55. The number of aryl methyl sites for hydroxylation is 1. The van der Waals surface area contributed by atoms with Gasteiger partial charge in [-0.25, -0.2) is 9.37 Å². The number of halogens is 1. The summed E-state index contributed by atoms with van der Waals surface area (Å²) in [7, 11) is 0. The van der Waals surface area contributed by atoms with Crippen LogP contribution in [0.3, 0.4) is 0 Å². The van der Waals surface area contributed by atoms with Crippen molar-refractivity contribution in [1.82, 2.24) is 4.98 Å². The van der Waals surface area contributed by atoms with E-state index in [1.165, 1.54) is 17.7 Å².